The number of anilines is 1. The van der Waals surface area contributed by atoms with Crippen molar-refractivity contribution >= 4 is 5.69 Å². The van der Waals surface area contributed by atoms with Gasteiger partial charge in [0.15, 0.2) is 0 Å². The summed E-state index contributed by atoms with van der Waals surface area (Å²) in [7, 11) is 0. The molecule has 0 amide bonds. The van der Waals surface area contributed by atoms with Gasteiger partial charge in [0.2, 0.25) is 0 Å². The number of ether oxygens (including phenoxy) is 2. The standard InChI is InChI=1S/C19H26N2O2/c1-2-6-19-18(5-1)17(13-20-7-10-22-11-8-20)14-21(19)12-16-4-3-9-23-15-16/h1-2,4-6,17H,3,7-15H2/t17-/m1/s1. The summed E-state index contributed by atoms with van der Waals surface area (Å²) < 4.78 is 11.1. The minimum atomic E-state index is 0.606. The van der Waals surface area contributed by atoms with Crippen LogP contribution in [0, 0.1) is 0 Å². The number of morpholine rings is 1. The zero-order valence-corrected chi connectivity index (χ0v) is 13.7. The van der Waals surface area contributed by atoms with E-state index in [0.717, 1.165) is 65.6 Å². The zero-order chi connectivity index (χ0) is 15.5. The number of nitrogens with zero attached hydrogens (tertiary/aromatic N) is 2. The average molecular weight is 314 g/mol. The van der Waals surface area contributed by atoms with Gasteiger partial charge in [0.05, 0.1) is 26.4 Å². The molecule has 0 radical (unpaired) electrons. The van der Waals surface area contributed by atoms with Crippen LogP contribution in [0.4, 0.5) is 5.69 Å². The highest BCUT2D eigenvalue weighted by atomic mass is 16.5. The summed E-state index contributed by atoms with van der Waals surface area (Å²) in [5, 5.41) is 0. The smallest absolute Gasteiger partial charge is 0.0694 e. The van der Waals surface area contributed by atoms with Crippen molar-refractivity contribution in [3.8, 4) is 0 Å². The summed E-state index contributed by atoms with van der Waals surface area (Å²) in [6.07, 6.45) is 3.42. The Kier molecular flexibility index (Phi) is 4.64. The van der Waals surface area contributed by atoms with Gasteiger partial charge in [-0.3, -0.25) is 4.90 Å². The van der Waals surface area contributed by atoms with Gasteiger partial charge in [0.1, 0.15) is 0 Å². The van der Waals surface area contributed by atoms with E-state index in [1.54, 1.807) is 0 Å². The molecule has 0 unspecified atom stereocenters. The topological polar surface area (TPSA) is 24.9 Å². The van der Waals surface area contributed by atoms with E-state index in [9.17, 15) is 0 Å². The molecule has 0 bridgehead atoms. The third-order valence-electron chi connectivity index (χ3n) is 5.12. The summed E-state index contributed by atoms with van der Waals surface area (Å²) in [5.41, 5.74) is 4.35. The molecule has 4 rings (SSSR count). The fourth-order valence-electron chi connectivity index (χ4n) is 3.95. The van der Waals surface area contributed by atoms with Crippen molar-refractivity contribution in [1.29, 1.82) is 0 Å². The average Bonchev–Trinajstić information content (AvgIpc) is 2.95. The number of fused-ring (bicyclic) bond motifs is 1. The first-order valence-electron chi connectivity index (χ1n) is 8.80. The molecule has 1 atom stereocenters. The van der Waals surface area contributed by atoms with Crippen LogP contribution in [-0.4, -0.2) is 64.1 Å². The Morgan fingerprint density at radius 2 is 1.91 bits per heavy atom. The first kappa shape index (κ1) is 15.2. The fraction of sp³-hybridized carbons (Fsp3) is 0.579. The SMILES string of the molecule is C1=C(CN2C[C@@H](CN3CCOCC3)c3ccccc32)COCC1. The van der Waals surface area contributed by atoms with Gasteiger partial charge in [-0.15, -0.1) is 0 Å². The maximum absolute atomic E-state index is 5.61. The van der Waals surface area contributed by atoms with Crippen molar-refractivity contribution in [1.82, 2.24) is 4.90 Å². The van der Waals surface area contributed by atoms with E-state index in [1.165, 1.54) is 16.8 Å². The van der Waals surface area contributed by atoms with Gasteiger partial charge in [-0.2, -0.15) is 0 Å². The summed E-state index contributed by atoms with van der Waals surface area (Å²) >= 11 is 0. The molecule has 0 spiro atoms. The lowest BCUT2D eigenvalue weighted by Gasteiger charge is -2.29. The molecule has 0 aromatic heterocycles. The molecule has 1 saturated heterocycles. The van der Waals surface area contributed by atoms with E-state index in [1.807, 2.05) is 0 Å². The van der Waals surface area contributed by atoms with Crippen molar-refractivity contribution in [2.24, 2.45) is 0 Å². The third kappa shape index (κ3) is 3.44. The van der Waals surface area contributed by atoms with Gasteiger partial charge >= 0.3 is 0 Å². The molecule has 1 fully saturated rings. The Labute approximate surface area is 138 Å². The molecule has 4 nitrogen and oxygen atoms in total. The van der Waals surface area contributed by atoms with E-state index in [2.05, 4.69) is 40.1 Å². The largest absolute Gasteiger partial charge is 0.379 e. The van der Waals surface area contributed by atoms with Crippen molar-refractivity contribution in [2.45, 2.75) is 12.3 Å². The van der Waals surface area contributed by atoms with Gasteiger partial charge in [-0.25, -0.2) is 0 Å². The summed E-state index contributed by atoms with van der Waals surface area (Å²) in [5.74, 6) is 0.606. The lowest BCUT2D eigenvalue weighted by molar-refractivity contribution is 0.0356. The Morgan fingerprint density at radius 3 is 2.74 bits per heavy atom. The second-order valence-corrected chi connectivity index (χ2v) is 6.75. The maximum atomic E-state index is 5.61. The van der Waals surface area contributed by atoms with E-state index in [4.69, 9.17) is 9.47 Å². The van der Waals surface area contributed by atoms with Crippen molar-refractivity contribution in [2.75, 3.05) is 64.1 Å². The summed E-state index contributed by atoms with van der Waals surface area (Å²) in [4.78, 5) is 5.10. The molecular weight excluding hydrogens is 288 g/mol. The minimum absolute atomic E-state index is 0.606. The molecule has 0 N–H and O–H groups in total. The molecule has 1 aromatic carbocycles. The third-order valence-corrected chi connectivity index (χ3v) is 5.12. The monoisotopic (exact) mass is 314 g/mol. The lowest BCUT2D eigenvalue weighted by Crippen LogP contribution is -2.39. The first-order valence-corrected chi connectivity index (χ1v) is 8.80. The highest BCUT2D eigenvalue weighted by Gasteiger charge is 2.30. The molecular formula is C19H26N2O2. The number of para-hydroxylation sites is 1. The molecule has 0 aliphatic carbocycles. The van der Waals surface area contributed by atoms with Gasteiger partial charge in [0, 0.05) is 44.3 Å². The maximum Gasteiger partial charge on any atom is 0.0694 e. The Hall–Kier alpha value is -1.36. The number of rotatable bonds is 4. The van der Waals surface area contributed by atoms with Crippen LogP contribution in [0.1, 0.15) is 17.9 Å². The van der Waals surface area contributed by atoms with E-state index in [0.29, 0.717) is 5.92 Å². The number of hydrogen-bond acceptors (Lipinski definition) is 4. The highest BCUT2D eigenvalue weighted by molar-refractivity contribution is 5.61. The van der Waals surface area contributed by atoms with Crippen molar-refractivity contribution < 1.29 is 9.47 Å². The van der Waals surface area contributed by atoms with Crippen LogP contribution in [0.5, 0.6) is 0 Å². The van der Waals surface area contributed by atoms with Crippen LogP contribution in [0.15, 0.2) is 35.9 Å². The predicted molar refractivity (Wildman–Crippen MR) is 92.2 cm³/mol. The molecule has 3 aliphatic rings. The molecule has 3 aliphatic heterocycles. The lowest BCUT2D eigenvalue weighted by atomic mass is 10.0. The Balaban J connectivity index is 1.48. The quantitative estimate of drug-likeness (QED) is 0.796. The highest BCUT2D eigenvalue weighted by Crippen LogP contribution is 2.37. The van der Waals surface area contributed by atoms with Gasteiger partial charge < -0.3 is 14.4 Å². The van der Waals surface area contributed by atoms with Crippen LogP contribution in [0.3, 0.4) is 0 Å². The Morgan fingerprint density at radius 1 is 1.04 bits per heavy atom. The molecule has 124 valence electrons. The minimum Gasteiger partial charge on any atom is -0.379 e. The van der Waals surface area contributed by atoms with Crippen LogP contribution in [0.25, 0.3) is 0 Å². The summed E-state index contributed by atoms with van der Waals surface area (Å²) in [6, 6.07) is 8.93. The molecule has 23 heavy (non-hydrogen) atoms. The second-order valence-electron chi connectivity index (χ2n) is 6.75. The zero-order valence-electron chi connectivity index (χ0n) is 13.7. The van der Waals surface area contributed by atoms with Crippen molar-refractivity contribution in [3.63, 3.8) is 0 Å². The molecule has 4 heteroatoms. The fourth-order valence-corrected chi connectivity index (χ4v) is 3.95. The summed E-state index contributed by atoms with van der Waals surface area (Å²) in [6.45, 7) is 8.84. The molecule has 0 saturated carbocycles. The van der Waals surface area contributed by atoms with Crippen LogP contribution in [-0.2, 0) is 9.47 Å². The van der Waals surface area contributed by atoms with Gasteiger partial charge in [-0.05, 0) is 23.6 Å². The van der Waals surface area contributed by atoms with Crippen LogP contribution >= 0.6 is 0 Å². The second kappa shape index (κ2) is 7.04. The molecule has 1 aromatic rings. The predicted octanol–water partition coefficient (Wildman–Crippen LogP) is 2.27. The van der Waals surface area contributed by atoms with Gasteiger partial charge in [0.25, 0.3) is 0 Å². The Bertz CT molecular complexity index is 566. The van der Waals surface area contributed by atoms with E-state index < -0.39 is 0 Å². The molecule has 3 heterocycles. The van der Waals surface area contributed by atoms with E-state index >= 15 is 0 Å². The number of benzene rings is 1. The van der Waals surface area contributed by atoms with Crippen molar-refractivity contribution in [3.05, 3.63) is 41.5 Å². The number of hydrogen-bond donors (Lipinski definition) is 0. The van der Waals surface area contributed by atoms with Gasteiger partial charge in [-0.1, -0.05) is 24.3 Å². The van der Waals surface area contributed by atoms with Crippen LogP contribution < -0.4 is 4.90 Å². The first-order chi connectivity index (χ1) is 11.4. The normalized spacial score (nSPS) is 25.3. The van der Waals surface area contributed by atoms with Crippen LogP contribution in [0.2, 0.25) is 0 Å². The van der Waals surface area contributed by atoms with E-state index in [-0.39, 0.29) is 0 Å².